The summed E-state index contributed by atoms with van der Waals surface area (Å²) in [6.45, 7) is 6.09. The standard InChI is InChI=1S/C10H13FO.C9H11FO/c1-7(2)8-4-5-9(11)10(6-8)12-3;1-3-7-6-8(10)4-5-9(7)11-2/h4-7H,1-3H3;4-6H,3H2,1-2H3. The van der Waals surface area contributed by atoms with E-state index in [4.69, 9.17) is 9.47 Å². The predicted molar refractivity (Wildman–Crippen MR) is 89.4 cm³/mol. The summed E-state index contributed by atoms with van der Waals surface area (Å²) in [6, 6.07) is 9.50. The minimum atomic E-state index is -0.304. The summed E-state index contributed by atoms with van der Waals surface area (Å²) in [7, 11) is 3.06. The van der Waals surface area contributed by atoms with Crippen LogP contribution < -0.4 is 9.47 Å². The molecule has 0 fully saturated rings. The molecule has 126 valence electrons. The molecule has 0 aliphatic rings. The lowest BCUT2D eigenvalue weighted by atomic mass is 10.0. The zero-order valence-corrected chi connectivity index (χ0v) is 14.3. The molecule has 0 amide bonds. The van der Waals surface area contributed by atoms with E-state index in [1.54, 1.807) is 25.3 Å². The Balaban J connectivity index is 0.000000231. The molecule has 0 radical (unpaired) electrons. The topological polar surface area (TPSA) is 18.5 Å². The average molecular weight is 322 g/mol. The molecule has 2 rings (SSSR count). The van der Waals surface area contributed by atoms with Crippen LogP contribution in [0.3, 0.4) is 0 Å². The van der Waals surface area contributed by atoms with Crippen molar-refractivity contribution >= 4 is 0 Å². The summed E-state index contributed by atoms with van der Waals surface area (Å²) < 4.78 is 35.4. The number of rotatable bonds is 4. The Kier molecular flexibility index (Phi) is 7.52. The molecule has 23 heavy (non-hydrogen) atoms. The van der Waals surface area contributed by atoms with Crippen LogP contribution in [0.1, 0.15) is 37.8 Å². The van der Waals surface area contributed by atoms with Crippen LogP contribution in [0.25, 0.3) is 0 Å². The smallest absolute Gasteiger partial charge is 0.165 e. The van der Waals surface area contributed by atoms with Gasteiger partial charge in [-0.1, -0.05) is 26.8 Å². The van der Waals surface area contributed by atoms with Gasteiger partial charge in [0, 0.05) is 0 Å². The normalized spacial score (nSPS) is 10.1. The monoisotopic (exact) mass is 322 g/mol. The Hall–Kier alpha value is -2.10. The van der Waals surface area contributed by atoms with Gasteiger partial charge < -0.3 is 9.47 Å². The van der Waals surface area contributed by atoms with E-state index < -0.39 is 0 Å². The van der Waals surface area contributed by atoms with Gasteiger partial charge in [0.15, 0.2) is 11.6 Å². The van der Waals surface area contributed by atoms with Crippen LogP contribution in [-0.4, -0.2) is 14.2 Å². The largest absolute Gasteiger partial charge is 0.496 e. The van der Waals surface area contributed by atoms with Crippen molar-refractivity contribution in [2.75, 3.05) is 14.2 Å². The molecular weight excluding hydrogens is 298 g/mol. The summed E-state index contributed by atoms with van der Waals surface area (Å²) in [5.74, 6) is 0.971. The first-order valence-electron chi connectivity index (χ1n) is 7.58. The van der Waals surface area contributed by atoms with Gasteiger partial charge in [-0.25, -0.2) is 8.78 Å². The molecule has 2 nitrogen and oxygen atoms in total. The molecule has 0 aliphatic carbocycles. The zero-order chi connectivity index (χ0) is 17.4. The Morgan fingerprint density at radius 1 is 0.913 bits per heavy atom. The third-order valence-electron chi connectivity index (χ3n) is 3.47. The number of halogens is 2. The highest BCUT2D eigenvalue weighted by molar-refractivity contribution is 5.33. The van der Waals surface area contributed by atoms with Crippen molar-refractivity contribution in [3.05, 3.63) is 59.2 Å². The van der Waals surface area contributed by atoms with Gasteiger partial charge in [0.2, 0.25) is 0 Å². The van der Waals surface area contributed by atoms with Crippen LogP contribution in [0.2, 0.25) is 0 Å². The summed E-state index contributed by atoms with van der Waals surface area (Å²) in [6.07, 6.45) is 0.793. The maximum Gasteiger partial charge on any atom is 0.165 e. The Labute approximate surface area is 137 Å². The van der Waals surface area contributed by atoms with Gasteiger partial charge in [-0.05, 0) is 53.8 Å². The summed E-state index contributed by atoms with van der Waals surface area (Å²) >= 11 is 0. The fraction of sp³-hybridized carbons (Fsp3) is 0.368. The van der Waals surface area contributed by atoms with Crippen molar-refractivity contribution in [1.82, 2.24) is 0 Å². The van der Waals surface area contributed by atoms with Crippen molar-refractivity contribution in [3.8, 4) is 11.5 Å². The second-order valence-corrected chi connectivity index (χ2v) is 5.36. The van der Waals surface area contributed by atoms with E-state index in [0.29, 0.717) is 11.7 Å². The van der Waals surface area contributed by atoms with E-state index in [-0.39, 0.29) is 11.6 Å². The first-order chi connectivity index (χ1) is 10.9. The molecule has 0 heterocycles. The van der Waals surface area contributed by atoms with Gasteiger partial charge in [0.25, 0.3) is 0 Å². The molecule has 0 atom stereocenters. The fourth-order valence-electron chi connectivity index (χ4n) is 2.06. The van der Waals surface area contributed by atoms with Crippen molar-refractivity contribution in [1.29, 1.82) is 0 Å². The number of methoxy groups -OCH3 is 2. The Morgan fingerprint density at radius 3 is 2.09 bits per heavy atom. The van der Waals surface area contributed by atoms with E-state index in [1.807, 2.05) is 6.92 Å². The van der Waals surface area contributed by atoms with Crippen molar-refractivity contribution in [2.45, 2.75) is 33.1 Å². The maximum absolute atomic E-state index is 12.9. The SMILES string of the molecule is CCc1cc(F)ccc1OC.COc1cc(C(C)C)ccc1F. The van der Waals surface area contributed by atoms with Crippen LogP contribution in [-0.2, 0) is 6.42 Å². The zero-order valence-electron chi connectivity index (χ0n) is 14.3. The quantitative estimate of drug-likeness (QED) is 0.755. The molecule has 0 saturated carbocycles. The lowest BCUT2D eigenvalue weighted by molar-refractivity contribution is 0.385. The molecule has 2 aromatic carbocycles. The van der Waals surface area contributed by atoms with Crippen LogP contribution >= 0.6 is 0 Å². The minimum absolute atomic E-state index is 0.206. The molecule has 0 saturated heterocycles. The molecular formula is C19H24F2O2. The van der Waals surface area contributed by atoms with Gasteiger partial charge in [0.1, 0.15) is 11.6 Å². The highest BCUT2D eigenvalue weighted by atomic mass is 19.1. The summed E-state index contributed by atoms with van der Waals surface area (Å²) in [4.78, 5) is 0. The van der Waals surface area contributed by atoms with Gasteiger partial charge in [-0.2, -0.15) is 0 Å². The molecule has 0 bridgehead atoms. The number of aryl methyl sites for hydroxylation is 1. The van der Waals surface area contributed by atoms with Gasteiger partial charge >= 0.3 is 0 Å². The second kappa shape index (κ2) is 9.13. The molecule has 0 aliphatic heterocycles. The van der Waals surface area contributed by atoms with E-state index in [0.717, 1.165) is 23.3 Å². The Bertz CT molecular complexity index is 625. The lowest BCUT2D eigenvalue weighted by Crippen LogP contribution is -1.92. The van der Waals surface area contributed by atoms with Crippen LogP contribution in [0.4, 0.5) is 8.78 Å². The van der Waals surface area contributed by atoms with Crippen LogP contribution in [0.15, 0.2) is 36.4 Å². The average Bonchev–Trinajstić information content (AvgIpc) is 2.55. The molecule has 0 unspecified atom stereocenters. The highest BCUT2D eigenvalue weighted by Crippen LogP contribution is 2.23. The number of hydrogen-bond acceptors (Lipinski definition) is 2. The third kappa shape index (κ3) is 5.55. The van der Waals surface area contributed by atoms with E-state index in [2.05, 4.69) is 13.8 Å². The summed E-state index contributed by atoms with van der Waals surface area (Å²) in [5.41, 5.74) is 2.00. The second-order valence-electron chi connectivity index (χ2n) is 5.36. The number of hydrogen-bond donors (Lipinski definition) is 0. The molecule has 0 aromatic heterocycles. The van der Waals surface area contributed by atoms with Gasteiger partial charge in [-0.15, -0.1) is 0 Å². The predicted octanol–water partition coefficient (Wildman–Crippen LogP) is 5.35. The van der Waals surface area contributed by atoms with E-state index in [9.17, 15) is 8.78 Å². The lowest BCUT2D eigenvalue weighted by Gasteiger charge is -2.07. The molecule has 0 N–H and O–H groups in total. The first kappa shape index (κ1) is 18.9. The number of ether oxygens (including phenoxy) is 2. The molecule has 0 spiro atoms. The third-order valence-corrected chi connectivity index (χ3v) is 3.47. The highest BCUT2D eigenvalue weighted by Gasteiger charge is 2.05. The van der Waals surface area contributed by atoms with Gasteiger partial charge in [-0.3, -0.25) is 0 Å². The van der Waals surface area contributed by atoms with Crippen LogP contribution in [0, 0.1) is 11.6 Å². The van der Waals surface area contributed by atoms with Crippen molar-refractivity contribution < 1.29 is 18.3 Å². The van der Waals surface area contributed by atoms with E-state index in [1.165, 1.54) is 25.3 Å². The summed E-state index contributed by atoms with van der Waals surface area (Å²) in [5, 5.41) is 0. The molecule has 4 heteroatoms. The maximum atomic E-state index is 12.9. The van der Waals surface area contributed by atoms with E-state index >= 15 is 0 Å². The number of benzene rings is 2. The van der Waals surface area contributed by atoms with Gasteiger partial charge in [0.05, 0.1) is 14.2 Å². The molecule has 2 aromatic rings. The van der Waals surface area contributed by atoms with Crippen molar-refractivity contribution in [3.63, 3.8) is 0 Å². The first-order valence-corrected chi connectivity index (χ1v) is 7.58. The fourth-order valence-corrected chi connectivity index (χ4v) is 2.06. The minimum Gasteiger partial charge on any atom is -0.496 e. The van der Waals surface area contributed by atoms with Crippen LogP contribution in [0.5, 0.6) is 11.5 Å². The van der Waals surface area contributed by atoms with Crippen molar-refractivity contribution in [2.24, 2.45) is 0 Å². The Morgan fingerprint density at radius 2 is 1.57 bits per heavy atom.